The Bertz CT molecular complexity index is 520. The number of benzene rings is 1. The molecule has 0 spiro atoms. The predicted molar refractivity (Wildman–Crippen MR) is 78.0 cm³/mol. The van der Waals surface area contributed by atoms with E-state index in [0.717, 1.165) is 16.3 Å². The van der Waals surface area contributed by atoms with E-state index in [0.29, 0.717) is 0 Å². The minimum absolute atomic E-state index is 0.113. The molecule has 2 aromatic rings. The van der Waals surface area contributed by atoms with Crippen LogP contribution in [0.2, 0.25) is 0 Å². The second kappa shape index (κ2) is 4.82. The Morgan fingerprint density at radius 1 is 1.17 bits per heavy atom. The maximum absolute atomic E-state index is 6.24. The minimum Gasteiger partial charge on any atom is -0.318 e. The van der Waals surface area contributed by atoms with Crippen LogP contribution in [0.4, 0.5) is 0 Å². The van der Waals surface area contributed by atoms with Crippen LogP contribution >= 0.6 is 11.3 Å². The third-order valence-corrected chi connectivity index (χ3v) is 4.08. The second-order valence-electron chi connectivity index (χ2n) is 5.68. The Labute approximate surface area is 113 Å². The molecule has 0 radical (unpaired) electrons. The molecule has 1 aromatic heterocycles. The van der Waals surface area contributed by atoms with Crippen LogP contribution < -0.4 is 5.73 Å². The zero-order valence-electron chi connectivity index (χ0n) is 11.4. The van der Waals surface area contributed by atoms with Gasteiger partial charge in [0, 0.05) is 11.1 Å². The monoisotopic (exact) mass is 260 g/mol. The van der Waals surface area contributed by atoms with Crippen molar-refractivity contribution in [2.45, 2.75) is 39.2 Å². The number of hydrogen-bond acceptors (Lipinski definition) is 3. The number of nitrogens with two attached hydrogens (primary N) is 1. The molecule has 2 rings (SSSR count). The summed E-state index contributed by atoms with van der Waals surface area (Å²) < 4.78 is 0. The lowest BCUT2D eigenvalue weighted by atomic mass is 9.86. The van der Waals surface area contributed by atoms with Crippen LogP contribution in [0.15, 0.2) is 29.6 Å². The van der Waals surface area contributed by atoms with Crippen molar-refractivity contribution in [3.8, 4) is 0 Å². The van der Waals surface area contributed by atoms with Gasteiger partial charge < -0.3 is 5.73 Å². The molecule has 0 amide bonds. The molecule has 2 N–H and O–H groups in total. The van der Waals surface area contributed by atoms with Gasteiger partial charge in [-0.3, -0.25) is 0 Å². The van der Waals surface area contributed by atoms with Crippen molar-refractivity contribution in [3.63, 3.8) is 0 Å². The SMILES string of the molecule is Cc1csc(C(N)c2ccc(C(C)(C)C)cc2)n1. The number of rotatable bonds is 2. The minimum atomic E-state index is -0.113. The summed E-state index contributed by atoms with van der Waals surface area (Å²) in [6.07, 6.45) is 0. The third-order valence-electron chi connectivity index (χ3n) is 3.04. The molecular formula is C15H20N2S. The molecule has 1 unspecified atom stereocenters. The third kappa shape index (κ3) is 2.79. The standard InChI is InChI=1S/C15H20N2S/c1-10-9-18-14(17-10)13(16)11-5-7-12(8-6-11)15(2,3)4/h5-9,13H,16H2,1-4H3. The topological polar surface area (TPSA) is 38.9 Å². The van der Waals surface area contributed by atoms with Crippen LogP contribution in [0.1, 0.15) is 48.6 Å². The van der Waals surface area contributed by atoms with Gasteiger partial charge in [-0.1, -0.05) is 45.0 Å². The maximum Gasteiger partial charge on any atom is 0.114 e. The summed E-state index contributed by atoms with van der Waals surface area (Å²) in [4.78, 5) is 4.45. The highest BCUT2D eigenvalue weighted by Crippen LogP contribution is 2.26. The van der Waals surface area contributed by atoms with Crippen molar-refractivity contribution in [2.24, 2.45) is 5.73 Å². The Morgan fingerprint density at radius 3 is 2.22 bits per heavy atom. The first-order valence-electron chi connectivity index (χ1n) is 6.16. The molecule has 96 valence electrons. The van der Waals surface area contributed by atoms with Gasteiger partial charge in [0.05, 0.1) is 6.04 Å². The lowest BCUT2D eigenvalue weighted by Gasteiger charge is -2.20. The molecule has 0 fully saturated rings. The Balaban J connectivity index is 2.24. The lowest BCUT2D eigenvalue weighted by molar-refractivity contribution is 0.589. The van der Waals surface area contributed by atoms with Gasteiger partial charge in [-0.2, -0.15) is 0 Å². The average Bonchev–Trinajstić information content (AvgIpc) is 2.74. The zero-order valence-corrected chi connectivity index (χ0v) is 12.2. The van der Waals surface area contributed by atoms with Crippen LogP contribution in [0.5, 0.6) is 0 Å². The van der Waals surface area contributed by atoms with Crippen molar-refractivity contribution in [2.75, 3.05) is 0 Å². The smallest absolute Gasteiger partial charge is 0.114 e. The van der Waals surface area contributed by atoms with Crippen molar-refractivity contribution in [3.05, 3.63) is 51.5 Å². The summed E-state index contributed by atoms with van der Waals surface area (Å²) in [7, 11) is 0. The summed E-state index contributed by atoms with van der Waals surface area (Å²) >= 11 is 1.63. The number of hydrogen-bond donors (Lipinski definition) is 1. The number of nitrogens with zero attached hydrogens (tertiary/aromatic N) is 1. The van der Waals surface area contributed by atoms with Gasteiger partial charge in [0.25, 0.3) is 0 Å². The van der Waals surface area contributed by atoms with E-state index >= 15 is 0 Å². The number of aromatic nitrogens is 1. The molecular weight excluding hydrogens is 240 g/mol. The molecule has 2 nitrogen and oxygen atoms in total. The van der Waals surface area contributed by atoms with Crippen molar-refractivity contribution in [1.29, 1.82) is 0 Å². The van der Waals surface area contributed by atoms with Crippen LogP contribution in [0.3, 0.4) is 0 Å². The average molecular weight is 260 g/mol. The van der Waals surface area contributed by atoms with Crippen LogP contribution in [0, 0.1) is 6.92 Å². The van der Waals surface area contributed by atoms with Crippen LogP contribution in [-0.4, -0.2) is 4.98 Å². The molecule has 3 heteroatoms. The maximum atomic E-state index is 6.24. The Kier molecular flexibility index (Phi) is 3.55. The fourth-order valence-electron chi connectivity index (χ4n) is 1.85. The first-order chi connectivity index (χ1) is 8.38. The van der Waals surface area contributed by atoms with E-state index < -0.39 is 0 Å². The highest BCUT2D eigenvalue weighted by molar-refractivity contribution is 7.09. The molecule has 1 aromatic carbocycles. The Hall–Kier alpha value is -1.19. The molecule has 0 aliphatic rings. The number of aryl methyl sites for hydroxylation is 1. The lowest BCUT2D eigenvalue weighted by Crippen LogP contribution is -2.14. The molecule has 0 aliphatic heterocycles. The zero-order chi connectivity index (χ0) is 13.3. The van der Waals surface area contributed by atoms with Gasteiger partial charge in [-0.25, -0.2) is 4.98 Å². The van der Waals surface area contributed by atoms with E-state index in [1.54, 1.807) is 11.3 Å². The van der Waals surface area contributed by atoms with Crippen molar-refractivity contribution in [1.82, 2.24) is 4.98 Å². The van der Waals surface area contributed by atoms with Gasteiger partial charge in [-0.05, 0) is 23.5 Å². The molecule has 0 aliphatic carbocycles. The van der Waals surface area contributed by atoms with E-state index in [1.165, 1.54) is 5.56 Å². The quantitative estimate of drug-likeness (QED) is 0.892. The van der Waals surface area contributed by atoms with Crippen LogP contribution in [0.25, 0.3) is 0 Å². The molecule has 0 bridgehead atoms. The largest absolute Gasteiger partial charge is 0.318 e. The molecule has 0 saturated heterocycles. The molecule has 1 atom stereocenters. The van der Waals surface area contributed by atoms with Gasteiger partial charge >= 0.3 is 0 Å². The number of thiazole rings is 1. The van der Waals surface area contributed by atoms with Gasteiger partial charge in [0.1, 0.15) is 5.01 Å². The van der Waals surface area contributed by atoms with E-state index in [2.05, 4.69) is 50.0 Å². The highest BCUT2D eigenvalue weighted by atomic mass is 32.1. The summed E-state index contributed by atoms with van der Waals surface area (Å²) in [6.45, 7) is 8.64. The normalized spacial score (nSPS) is 13.6. The molecule has 18 heavy (non-hydrogen) atoms. The summed E-state index contributed by atoms with van der Waals surface area (Å²) in [5, 5.41) is 3.02. The summed E-state index contributed by atoms with van der Waals surface area (Å²) in [5.74, 6) is 0. The van der Waals surface area contributed by atoms with Crippen molar-refractivity contribution >= 4 is 11.3 Å². The first kappa shape index (κ1) is 13.2. The molecule has 0 saturated carbocycles. The molecule has 1 heterocycles. The highest BCUT2D eigenvalue weighted by Gasteiger charge is 2.16. The van der Waals surface area contributed by atoms with Gasteiger partial charge in [0.15, 0.2) is 0 Å². The summed E-state index contributed by atoms with van der Waals surface area (Å²) in [6, 6.07) is 8.44. The van der Waals surface area contributed by atoms with Gasteiger partial charge in [0.2, 0.25) is 0 Å². The predicted octanol–water partition coefficient (Wildman–Crippen LogP) is 3.80. The van der Waals surface area contributed by atoms with E-state index in [1.807, 2.05) is 12.3 Å². The summed E-state index contributed by atoms with van der Waals surface area (Å²) in [5.41, 5.74) is 9.91. The van der Waals surface area contributed by atoms with E-state index in [9.17, 15) is 0 Å². The van der Waals surface area contributed by atoms with Crippen molar-refractivity contribution < 1.29 is 0 Å². The fourth-order valence-corrected chi connectivity index (χ4v) is 2.67. The first-order valence-corrected chi connectivity index (χ1v) is 7.04. The Morgan fingerprint density at radius 2 is 1.78 bits per heavy atom. The fraction of sp³-hybridized carbons (Fsp3) is 0.400. The van der Waals surface area contributed by atoms with E-state index in [4.69, 9.17) is 5.73 Å². The second-order valence-corrected chi connectivity index (χ2v) is 6.57. The van der Waals surface area contributed by atoms with Gasteiger partial charge in [-0.15, -0.1) is 11.3 Å². The van der Waals surface area contributed by atoms with Crippen LogP contribution in [-0.2, 0) is 5.41 Å². The van der Waals surface area contributed by atoms with E-state index in [-0.39, 0.29) is 11.5 Å².